The Kier molecular flexibility index (Phi) is 3.50. The molecule has 1 N–H and O–H groups in total. The molecule has 1 aliphatic carbocycles. The summed E-state index contributed by atoms with van der Waals surface area (Å²) in [6.45, 7) is 5.27. The van der Waals surface area contributed by atoms with E-state index in [-0.39, 0.29) is 0 Å². The van der Waals surface area contributed by atoms with Crippen LogP contribution in [-0.4, -0.2) is 21.3 Å². The topological polar surface area (TPSA) is 42.7 Å². The molecule has 0 amide bonds. The van der Waals surface area contributed by atoms with Crippen LogP contribution in [0.2, 0.25) is 0 Å². The third-order valence-corrected chi connectivity index (χ3v) is 2.94. The first-order valence-corrected chi connectivity index (χ1v) is 5.62. The van der Waals surface area contributed by atoms with Crippen LogP contribution < -0.4 is 5.32 Å². The Morgan fingerprint density at radius 2 is 2.33 bits per heavy atom. The van der Waals surface area contributed by atoms with E-state index in [2.05, 4.69) is 26.7 Å². The van der Waals surface area contributed by atoms with Gasteiger partial charge in [0, 0.05) is 12.6 Å². The number of hydrogen-bond acceptors (Lipinski definition) is 3. The fourth-order valence-corrected chi connectivity index (χ4v) is 2.17. The Balaban J connectivity index is 1.97. The summed E-state index contributed by atoms with van der Waals surface area (Å²) in [6, 6.07) is 0.625. The Hall–Kier alpha value is -1.16. The van der Waals surface area contributed by atoms with Crippen LogP contribution in [0.15, 0.2) is 19.0 Å². The maximum atomic E-state index is 4.15. The molecule has 4 heteroatoms. The number of nitrogens with one attached hydrogen (secondary N) is 1. The molecule has 0 saturated heterocycles. The van der Waals surface area contributed by atoms with Crippen molar-refractivity contribution in [2.45, 2.75) is 38.3 Å². The normalized spacial score (nSPS) is 17.1. The number of hydrogen-bond donors (Lipinski definition) is 1. The van der Waals surface area contributed by atoms with Gasteiger partial charge in [-0.2, -0.15) is 0 Å². The molecule has 1 heterocycles. The van der Waals surface area contributed by atoms with Gasteiger partial charge in [-0.1, -0.05) is 18.9 Å². The van der Waals surface area contributed by atoms with Gasteiger partial charge in [0.15, 0.2) is 0 Å². The largest absolute Gasteiger partial charge is 0.313 e. The number of rotatable bonds is 5. The van der Waals surface area contributed by atoms with Crippen LogP contribution in [-0.2, 0) is 6.54 Å². The van der Waals surface area contributed by atoms with E-state index in [1.807, 2.05) is 12.4 Å². The molecule has 1 fully saturated rings. The average molecular weight is 206 g/mol. The van der Waals surface area contributed by atoms with Gasteiger partial charge in [0.1, 0.15) is 12.2 Å². The molecule has 0 radical (unpaired) electrons. The summed E-state index contributed by atoms with van der Waals surface area (Å²) in [6.07, 6.45) is 8.93. The highest BCUT2D eigenvalue weighted by molar-refractivity contribution is 4.91. The van der Waals surface area contributed by atoms with E-state index in [1.165, 1.54) is 25.7 Å². The van der Waals surface area contributed by atoms with Crippen molar-refractivity contribution in [3.63, 3.8) is 0 Å². The summed E-state index contributed by atoms with van der Waals surface area (Å²) < 4.78 is 2.23. The fraction of sp³-hybridized carbons (Fsp3) is 0.636. The summed E-state index contributed by atoms with van der Waals surface area (Å²) in [5, 5.41) is 11.4. The van der Waals surface area contributed by atoms with Crippen LogP contribution in [0.4, 0.5) is 0 Å². The Labute approximate surface area is 90.4 Å². The van der Waals surface area contributed by atoms with Gasteiger partial charge in [-0.05, 0) is 12.8 Å². The van der Waals surface area contributed by atoms with E-state index in [9.17, 15) is 0 Å². The molecule has 1 aliphatic rings. The summed E-state index contributed by atoms with van der Waals surface area (Å²) in [5.74, 6) is 1.05. The van der Waals surface area contributed by atoms with Crippen LogP contribution in [0, 0.1) is 0 Å². The van der Waals surface area contributed by atoms with Crippen molar-refractivity contribution in [2.24, 2.45) is 0 Å². The van der Waals surface area contributed by atoms with Gasteiger partial charge in [-0.15, -0.1) is 16.8 Å². The highest BCUT2D eigenvalue weighted by Crippen LogP contribution is 2.29. The summed E-state index contributed by atoms with van der Waals surface area (Å²) in [4.78, 5) is 0. The second-order valence-electron chi connectivity index (χ2n) is 4.01. The van der Waals surface area contributed by atoms with Crippen LogP contribution in [0.3, 0.4) is 0 Å². The second kappa shape index (κ2) is 5.07. The zero-order chi connectivity index (χ0) is 10.5. The lowest BCUT2D eigenvalue weighted by Crippen LogP contribution is -2.18. The monoisotopic (exact) mass is 206 g/mol. The van der Waals surface area contributed by atoms with E-state index in [4.69, 9.17) is 0 Å². The lowest BCUT2D eigenvalue weighted by atomic mass is 10.2. The van der Waals surface area contributed by atoms with Crippen LogP contribution in [0.25, 0.3) is 0 Å². The standard InChI is InChI=1S/C11H18N4/c1-2-7-12-8-11-14-13-9-15(11)10-5-3-4-6-10/h2,9-10,12H,1,3-8H2. The molecule has 15 heavy (non-hydrogen) atoms. The Bertz CT molecular complexity index is 312. The summed E-state index contributed by atoms with van der Waals surface area (Å²) in [7, 11) is 0. The van der Waals surface area contributed by atoms with E-state index < -0.39 is 0 Å². The molecule has 0 bridgehead atoms. The minimum Gasteiger partial charge on any atom is -0.313 e. The molecule has 1 saturated carbocycles. The van der Waals surface area contributed by atoms with Crippen molar-refractivity contribution < 1.29 is 0 Å². The quantitative estimate of drug-likeness (QED) is 0.588. The summed E-state index contributed by atoms with van der Waals surface area (Å²) >= 11 is 0. The minimum atomic E-state index is 0.625. The number of aromatic nitrogens is 3. The first-order chi connectivity index (χ1) is 7.42. The van der Waals surface area contributed by atoms with Crippen molar-refractivity contribution in [2.75, 3.05) is 6.54 Å². The average Bonchev–Trinajstić information content (AvgIpc) is 2.87. The van der Waals surface area contributed by atoms with E-state index in [0.29, 0.717) is 6.04 Å². The molecule has 2 rings (SSSR count). The molecule has 0 unspecified atom stereocenters. The lowest BCUT2D eigenvalue weighted by Gasteiger charge is -2.13. The lowest BCUT2D eigenvalue weighted by molar-refractivity contribution is 0.488. The third kappa shape index (κ3) is 2.45. The molecule has 0 aliphatic heterocycles. The highest BCUT2D eigenvalue weighted by Gasteiger charge is 2.19. The van der Waals surface area contributed by atoms with Crippen LogP contribution >= 0.6 is 0 Å². The smallest absolute Gasteiger partial charge is 0.147 e. The maximum Gasteiger partial charge on any atom is 0.147 e. The van der Waals surface area contributed by atoms with Crippen molar-refractivity contribution in [3.05, 3.63) is 24.8 Å². The van der Waals surface area contributed by atoms with Gasteiger partial charge in [0.05, 0.1) is 6.54 Å². The predicted octanol–water partition coefficient (Wildman–Crippen LogP) is 1.67. The second-order valence-corrected chi connectivity index (χ2v) is 4.01. The molecule has 1 aromatic rings. The number of nitrogens with zero attached hydrogens (tertiary/aromatic N) is 3. The molecule has 0 aromatic carbocycles. The van der Waals surface area contributed by atoms with Crippen molar-refractivity contribution >= 4 is 0 Å². The van der Waals surface area contributed by atoms with Gasteiger partial charge >= 0.3 is 0 Å². The first kappa shape index (κ1) is 10.4. The highest BCUT2D eigenvalue weighted by atomic mass is 15.3. The maximum absolute atomic E-state index is 4.15. The summed E-state index contributed by atoms with van der Waals surface area (Å²) in [5.41, 5.74) is 0. The molecule has 4 nitrogen and oxygen atoms in total. The van der Waals surface area contributed by atoms with Crippen LogP contribution in [0.1, 0.15) is 37.5 Å². The molecular weight excluding hydrogens is 188 g/mol. The Morgan fingerprint density at radius 3 is 3.07 bits per heavy atom. The van der Waals surface area contributed by atoms with Crippen molar-refractivity contribution in [1.82, 2.24) is 20.1 Å². The minimum absolute atomic E-state index is 0.625. The van der Waals surface area contributed by atoms with E-state index in [1.54, 1.807) is 0 Å². The zero-order valence-electron chi connectivity index (χ0n) is 9.02. The molecule has 1 aromatic heterocycles. The molecule has 0 atom stereocenters. The van der Waals surface area contributed by atoms with Crippen molar-refractivity contribution in [3.8, 4) is 0 Å². The molecular formula is C11H18N4. The van der Waals surface area contributed by atoms with Gasteiger partial charge in [-0.25, -0.2) is 0 Å². The fourth-order valence-electron chi connectivity index (χ4n) is 2.17. The van der Waals surface area contributed by atoms with Gasteiger partial charge in [-0.3, -0.25) is 0 Å². The van der Waals surface area contributed by atoms with Gasteiger partial charge in [0.2, 0.25) is 0 Å². The molecule has 82 valence electrons. The third-order valence-electron chi connectivity index (χ3n) is 2.94. The van der Waals surface area contributed by atoms with Gasteiger partial charge < -0.3 is 9.88 Å². The van der Waals surface area contributed by atoms with E-state index in [0.717, 1.165) is 18.9 Å². The predicted molar refractivity (Wildman–Crippen MR) is 59.4 cm³/mol. The van der Waals surface area contributed by atoms with Gasteiger partial charge in [0.25, 0.3) is 0 Å². The van der Waals surface area contributed by atoms with Crippen molar-refractivity contribution in [1.29, 1.82) is 0 Å². The Morgan fingerprint density at radius 1 is 1.53 bits per heavy atom. The van der Waals surface area contributed by atoms with Crippen LogP contribution in [0.5, 0.6) is 0 Å². The SMILES string of the molecule is C=CCNCc1nncn1C1CCCC1. The molecule has 0 spiro atoms. The zero-order valence-corrected chi connectivity index (χ0v) is 9.02. The van der Waals surface area contributed by atoms with E-state index >= 15 is 0 Å². The first-order valence-electron chi connectivity index (χ1n) is 5.62.